The lowest BCUT2D eigenvalue weighted by atomic mass is 10.0. The minimum Gasteiger partial charge on any atom is -0.461 e. The number of imide groups is 1. The molecule has 0 spiro atoms. The number of urea groups is 1. The molecule has 0 bridgehead atoms. The Balaban J connectivity index is 1.93. The van der Waals surface area contributed by atoms with E-state index in [1.54, 1.807) is 45.0 Å². The van der Waals surface area contributed by atoms with Crippen molar-refractivity contribution < 1.29 is 38.3 Å². The minimum absolute atomic E-state index is 0.0946. The zero-order valence-electron chi connectivity index (χ0n) is 26.5. The first-order chi connectivity index (χ1) is 21.3. The van der Waals surface area contributed by atoms with Crippen LogP contribution in [0.4, 0.5) is 10.5 Å². The molecular formula is C31H46N6O8. The summed E-state index contributed by atoms with van der Waals surface area (Å²) < 4.78 is 4.97. The highest BCUT2D eigenvalue weighted by Crippen LogP contribution is 2.19. The number of benzene rings is 1. The molecule has 45 heavy (non-hydrogen) atoms. The van der Waals surface area contributed by atoms with Gasteiger partial charge in [-0.1, -0.05) is 39.3 Å². The predicted octanol–water partition coefficient (Wildman–Crippen LogP) is 1.72. The molecule has 0 aromatic heterocycles. The minimum atomic E-state index is -0.982. The smallest absolute Gasteiger partial charge is 0.312 e. The summed E-state index contributed by atoms with van der Waals surface area (Å²) in [7, 11) is 0. The fraction of sp³-hybridized carbons (Fsp3) is 0.581. The van der Waals surface area contributed by atoms with E-state index in [0.29, 0.717) is 37.9 Å². The van der Waals surface area contributed by atoms with Crippen LogP contribution in [-0.2, 0) is 40.1 Å². The summed E-state index contributed by atoms with van der Waals surface area (Å²) in [5, 5.41) is 10.7. The molecule has 1 aliphatic rings. The van der Waals surface area contributed by atoms with Gasteiger partial charge < -0.3 is 31.7 Å². The molecule has 14 heteroatoms. The number of primary amides is 1. The predicted molar refractivity (Wildman–Crippen MR) is 165 cm³/mol. The summed E-state index contributed by atoms with van der Waals surface area (Å²) in [6.45, 7) is 7.22. The Bertz CT molecular complexity index is 1220. The van der Waals surface area contributed by atoms with Gasteiger partial charge in [-0.05, 0) is 49.3 Å². The van der Waals surface area contributed by atoms with Gasteiger partial charge in [0.15, 0.2) is 0 Å². The number of carbonyl (C=O) groups is 7. The Hall–Kier alpha value is -4.49. The summed E-state index contributed by atoms with van der Waals surface area (Å²) in [5.74, 6) is -2.65. The molecule has 0 radical (unpaired) electrons. The van der Waals surface area contributed by atoms with Gasteiger partial charge in [-0.3, -0.25) is 33.7 Å². The standard InChI is InChI=1S/C31H46N6O8/c1-19(2)27(36-25(39)10-6-5-7-16-37-26(40)17-20(3)30(37)43)29(42)35-24(9-8-15-33-31(32)44)28(41)34-23-13-11-22(12-14-23)18-45-21(4)38/h11-14,19-20,24,27H,5-10,15-18H2,1-4H3,(H,34,41)(H,35,42)(H,36,39)(H3,32,33,44)/t20?,24-,27+/m0/s1. The SMILES string of the molecule is CC(=O)OCc1ccc(NC(=O)[C@H](CCCNC(N)=O)NC(=O)[C@H](NC(=O)CCCCCN2C(=O)CC(C)C2=O)C(C)C)cc1. The normalized spacial score (nSPS) is 15.8. The van der Waals surface area contributed by atoms with Gasteiger partial charge in [0, 0.05) is 44.5 Å². The number of unbranched alkanes of at least 4 members (excludes halogenated alkanes) is 2. The number of hydrogen-bond acceptors (Lipinski definition) is 8. The van der Waals surface area contributed by atoms with Crippen LogP contribution in [0.2, 0.25) is 0 Å². The quantitative estimate of drug-likeness (QED) is 0.0915. The summed E-state index contributed by atoms with van der Waals surface area (Å²) in [4.78, 5) is 86.6. The van der Waals surface area contributed by atoms with Crippen molar-refractivity contribution in [1.29, 1.82) is 0 Å². The Kier molecular flexibility index (Phi) is 15.0. The van der Waals surface area contributed by atoms with Gasteiger partial charge >= 0.3 is 12.0 Å². The summed E-state index contributed by atoms with van der Waals surface area (Å²) in [6.07, 6.45) is 2.65. The number of rotatable bonds is 18. The number of amides is 7. The lowest BCUT2D eigenvalue weighted by molar-refractivity contribution is -0.142. The van der Waals surface area contributed by atoms with E-state index in [1.165, 1.54) is 11.8 Å². The fourth-order valence-corrected chi connectivity index (χ4v) is 4.74. The molecule has 3 atom stereocenters. The first-order valence-electron chi connectivity index (χ1n) is 15.3. The monoisotopic (exact) mass is 630 g/mol. The third-order valence-corrected chi connectivity index (χ3v) is 7.29. The van der Waals surface area contributed by atoms with Crippen molar-refractivity contribution in [3.63, 3.8) is 0 Å². The van der Waals surface area contributed by atoms with Gasteiger partial charge in [-0.2, -0.15) is 0 Å². The maximum absolute atomic E-state index is 13.3. The molecule has 6 N–H and O–H groups in total. The Morgan fingerprint density at radius 3 is 2.24 bits per heavy atom. The topological polar surface area (TPSA) is 206 Å². The zero-order valence-corrected chi connectivity index (χ0v) is 26.5. The van der Waals surface area contributed by atoms with E-state index >= 15 is 0 Å². The average Bonchev–Trinajstić information content (AvgIpc) is 3.21. The second-order valence-corrected chi connectivity index (χ2v) is 11.5. The molecule has 0 aliphatic carbocycles. The maximum atomic E-state index is 13.3. The van der Waals surface area contributed by atoms with Gasteiger partial charge in [-0.15, -0.1) is 0 Å². The molecule has 0 saturated carbocycles. The van der Waals surface area contributed by atoms with E-state index in [2.05, 4.69) is 21.3 Å². The molecule has 248 valence electrons. The highest BCUT2D eigenvalue weighted by atomic mass is 16.5. The molecule has 2 rings (SSSR count). The van der Waals surface area contributed by atoms with Gasteiger partial charge in [0.05, 0.1) is 0 Å². The van der Waals surface area contributed by atoms with Gasteiger partial charge in [0.1, 0.15) is 18.7 Å². The largest absolute Gasteiger partial charge is 0.461 e. The number of ether oxygens (including phenoxy) is 1. The average molecular weight is 631 g/mol. The van der Waals surface area contributed by atoms with Crippen LogP contribution in [0.5, 0.6) is 0 Å². The fourth-order valence-electron chi connectivity index (χ4n) is 4.74. The molecule has 1 saturated heterocycles. The van der Waals surface area contributed by atoms with Crippen LogP contribution in [-0.4, -0.2) is 71.6 Å². The van der Waals surface area contributed by atoms with Crippen molar-refractivity contribution in [3.05, 3.63) is 29.8 Å². The number of anilines is 1. The van der Waals surface area contributed by atoms with Crippen molar-refractivity contribution in [2.24, 2.45) is 17.6 Å². The molecule has 1 unspecified atom stereocenters. The molecule has 1 aromatic rings. The van der Waals surface area contributed by atoms with Crippen LogP contribution in [0.3, 0.4) is 0 Å². The number of hydrogen-bond donors (Lipinski definition) is 5. The molecule has 1 aliphatic heterocycles. The van der Waals surface area contributed by atoms with Crippen molar-refractivity contribution in [3.8, 4) is 0 Å². The second kappa shape index (κ2) is 18.3. The van der Waals surface area contributed by atoms with E-state index in [-0.39, 0.29) is 62.0 Å². The molecule has 7 amide bonds. The van der Waals surface area contributed by atoms with Crippen molar-refractivity contribution in [1.82, 2.24) is 20.9 Å². The lowest BCUT2D eigenvalue weighted by Gasteiger charge is -2.25. The van der Waals surface area contributed by atoms with Crippen LogP contribution >= 0.6 is 0 Å². The maximum Gasteiger partial charge on any atom is 0.312 e. The van der Waals surface area contributed by atoms with Crippen LogP contribution < -0.4 is 27.0 Å². The molecule has 1 heterocycles. The van der Waals surface area contributed by atoms with Crippen LogP contribution in [0, 0.1) is 11.8 Å². The van der Waals surface area contributed by atoms with Gasteiger partial charge in [-0.25, -0.2) is 4.79 Å². The Morgan fingerprint density at radius 2 is 1.67 bits per heavy atom. The van der Waals surface area contributed by atoms with Crippen LogP contribution in [0.15, 0.2) is 24.3 Å². The molecule has 1 aromatic carbocycles. The van der Waals surface area contributed by atoms with Crippen LogP contribution in [0.1, 0.15) is 78.2 Å². The highest BCUT2D eigenvalue weighted by Gasteiger charge is 2.35. The van der Waals surface area contributed by atoms with Gasteiger partial charge in [0.25, 0.3) is 0 Å². The highest BCUT2D eigenvalue weighted by molar-refractivity contribution is 6.03. The van der Waals surface area contributed by atoms with Crippen molar-refractivity contribution >= 4 is 47.2 Å². The summed E-state index contributed by atoms with van der Waals surface area (Å²) in [6, 6.07) is 4.08. The van der Waals surface area contributed by atoms with E-state index < -0.39 is 35.9 Å². The third-order valence-electron chi connectivity index (χ3n) is 7.29. The zero-order chi connectivity index (χ0) is 33.5. The van der Waals surface area contributed by atoms with Crippen molar-refractivity contribution in [2.75, 3.05) is 18.4 Å². The first kappa shape index (κ1) is 36.7. The Morgan fingerprint density at radius 1 is 0.978 bits per heavy atom. The summed E-state index contributed by atoms with van der Waals surface area (Å²) >= 11 is 0. The second-order valence-electron chi connectivity index (χ2n) is 11.5. The van der Waals surface area contributed by atoms with E-state index in [4.69, 9.17) is 10.5 Å². The number of carbonyl (C=O) groups excluding carboxylic acids is 7. The number of nitrogens with one attached hydrogen (secondary N) is 4. The molecular weight excluding hydrogens is 584 g/mol. The summed E-state index contributed by atoms with van der Waals surface area (Å²) in [5.41, 5.74) is 6.31. The van der Waals surface area contributed by atoms with Crippen molar-refractivity contribution in [2.45, 2.75) is 91.3 Å². The first-order valence-corrected chi connectivity index (χ1v) is 15.3. The lowest BCUT2D eigenvalue weighted by Crippen LogP contribution is -2.54. The van der Waals surface area contributed by atoms with Crippen LogP contribution in [0.25, 0.3) is 0 Å². The molecule has 1 fully saturated rings. The van der Waals surface area contributed by atoms with E-state index in [1.807, 2.05) is 0 Å². The van der Waals surface area contributed by atoms with Gasteiger partial charge in [0.2, 0.25) is 29.5 Å². The van der Waals surface area contributed by atoms with E-state index in [9.17, 15) is 33.6 Å². The number of nitrogens with zero attached hydrogens (tertiary/aromatic N) is 1. The molecule has 14 nitrogen and oxygen atoms in total. The third kappa shape index (κ3) is 13.0. The van der Waals surface area contributed by atoms with E-state index in [0.717, 1.165) is 5.56 Å². The number of nitrogens with two attached hydrogens (primary N) is 1. The Labute approximate surface area is 263 Å². The number of likely N-dealkylation sites (tertiary alicyclic amines) is 1. The number of esters is 1.